The maximum absolute atomic E-state index is 11.9. The van der Waals surface area contributed by atoms with E-state index in [2.05, 4.69) is 15.5 Å². The van der Waals surface area contributed by atoms with E-state index in [4.69, 9.17) is 11.6 Å². The summed E-state index contributed by atoms with van der Waals surface area (Å²) >= 11 is 5.76. The van der Waals surface area contributed by atoms with Crippen molar-refractivity contribution in [1.29, 1.82) is 0 Å². The molecule has 1 heterocycles. The standard InChI is InChI=1S/C12H12ClN3O/c1-7-8(2)15-16-11(7)12(17)14-10-5-3-9(13)4-6-10/h3-6H,1-2H3,(H,14,17)(H,15,16). The van der Waals surface area contributed by atoms with Crippen molar-refractivity contribution in [1.82, 2.24) is 10.2 Å². The number of hydrogen-bond donors (Lipinski definition) is 2. The molecule has 1 amide bonds. The Kier molecular flexibility index (Phi) is 3.15. The van der Waals surface area contributed by atoms with Gasteiger partial charge in [-0.3, -0.25) is 9.89 Å². The summed E-state index contributed by atoms with van der Waals surface area (Å²) in [6, 6.07) is 6.93. The molecule has 0 fully saturated rings. The molecule has 0 unspecified atom stereocenters. The van der Waals surface area contributed by atoms with Crippen molar-refractivity contribution < 1.29 is 4.79 Å². The van der Waals surface area contributed by atoms with E-state index >= 15 is 0 Å². The lowest BCUT2D eigenvalue weighted by molar-refractivity contribution is 0.102. The molecule has 5 heteroatoms. The molecule has 0 bridgehead atoms. The molecule has 0 aliphatic rings. The van der Waals surface area contributed by atoms with Gasteiger partial charge >= 0.3 is 0 Å². The highest BCUT2D eigenvalue weighted by molar-refractivity contribution is 6.30. The first kappa shape index (κ1) is 11.7. The molecule has 1 aromatic heterocycles. The summed E-state index contributed by atoms with van der Waals surface area (Å²) < 4.78 is 0. The quantitative estimate of drug-likeness (QED) is 0.860. The maximum Gasteiger partial charge on any atom is 0.276 e. The fourth-order valence-electron chi connectivity index (χ4n) is 1.43. The highest BCUT2D eigenvalue weighted by Gasteiger charge is 2.14. The first-order valence-corrected chi connectivity index (χ1v) is 5.54. The maximum atomic E-state index is 11.9. The predicted octanol–water partition coefficient (Wildman–Crippen LogP) is 2.93. The second kappa shape index (κ2) is 4.59. The van der Waals surface area contributed by atoms with Gasteiger partial charge in [0, 0.05) is 22.0 Å². The molecule has 0 saturated heterocycles. The second-order valence-electron chi connectivity index (χ2n) is 3.78. The molecule has 0 radical (unpaired) electrons. The van der Waals surface area contributed by atoms with Gasteiger partial charge in [0.25, 0.3) is 5.91 Å². The lowest BCUT2D eigenvalue weighted by Crippen LogP contribution is -2.13. The average molecular weight is 250 g/mol. The third-order valence-corrected chi connectivity index (χ3v) is 2.82. The topological polar surface area (TPSA) is 57.8 Å². The van der Waals surface area contributed by atoms with E-state index in [9.17, 15) is 4.79 Å². The number of benzene rings is 1. The van der Waals surface area contributed by atoms with Crippen LogP contribution in [0.2, 0.25) is 5.02 Å². The number of carbonyl (C=O) groups excluding carboxylic acids is 1. The monoisotopic (exact) mass is 249 g/mol. The SMILES string of the molecule is Cc1[nH]nc(C(=O)Nc2ccc(Cl)cc2)c1C. The van der Waals surface area contributed by atoms with Crippen LogP contribution in [-0.4, -0.2) is 16.1 Å². The van der Waals surface area contributed by atoms with Crippen molar-refractivity contribution in [3.8, 4) is 0 Å². The zero-order valence-electron chi connectivity index (χ0n) is 9.54. The van der Waals surface area contributed by atoms with Gasteiger partial charge in [0.15, 0.2) is 5.69 Å². The molecule has 2 N–H and O–H groups in total. The summed E-state index contributed by atoms with van der Waals surface area (Å²) in [6.07, 6.45) is 0. The lowest BCUT2D eigenvalue weighted by atomic mass is 10.2. The van der Waals surface area contributed by atoms with Crippen molar-refractivity contribution in [2.45, 2.75) is 13.8 Å². The number of aromatic nitrogens is 2. The number of nitrogens with one attached hydrogen (secondary N) is 2. The molecule has 0 spiro atoms. The predicted molar refractivity (Wildman–Crippen MR) is 67.5 cm³/mol. The minimum Gasteiger partial charge on any atom is -0.321 e. The summed E-state index contributed by atoms with van der Waals surface area (Å²) in [6.45, 7) is 3.73. The summed E-state index contributed by atoms with van der Waals surface area (Å²) in [5.41, 5.74) is 2.86. The van der Waals surface area contributed by atoms with Crippen molar-refractivity contribution in [2.24, 2.45) is 0 Å². The van der Waals surface area contributed by atoms with Crippen LogP contribution >= 0.6 is 11.6 Å². The normalized spacial score (nSPS) is 10.3. The number of carbonyl (C=O) groups is 1. The van der Waals surface area contributed by atoms with E-state index in [1.165, 1.54) is 0 Å². The Balaban J connectivity index is 2.17. The fraction of sp³-hybridized carbons (Fsp3) is 0.167. The summed E-state index contributed by atoms with van der Waals surface area (Å²) in [5, 5.41) is 10.1. The summed E-state index contributed by atoms with van der Waals surface area (Å²) in [4.78, 5) is 11.9. The van der Waals surface area contributed by atoms with E-state index in [-0.39, 0.29) is 5.91 Å². The van der Waals surface area contributed by atoms with Crippen molar-refractivity contribution in [3.05, 3.63) is 46.2 Å². The van der Waals surface area contributed by atoms with E-state index in [1.807, 2.05) is 13.8 Å². The third-order valence-electron chi connectivity index (χ3n) is 2.57. The van der Waals surface area contributed by atoms with Crippen LogP contribution in [0.1, 0.15) is 21.7 Å². The second-order valence-corrected chi connectivity index (χ2v) is 4.22. The molecule has 0 aliphatic heterocycles. The van der Waals surface area contributed by atoms with Gasteiger partial charge in [-0.25, -0.2) is 0 Å². The lowest BCUT2D eigenvalue weighted by Gasteiger charge is -2.03. The molecular formula is C12H12ClN3O. The fourth-order valence-corrected chi connectivity index (χ4v) is 1.56. The van der Waals surface area contributed by atoms with Crippen molar-refractivity contribution in [3.63, 3.8) is 0 Å². The Bertz CT molecular complexity index is 545. The molecule has 2 aromatic rings. The van der Waals surface area contributed by atoms with E-state index in [1.54, 1.807) is 24.3 Å². The Morgan fingerprint density at radius 2 is 1.94 bits per heavy atom. The largest absolute Gasteiger partial charge is 0.321 e. The van der Waals surface area contributed by atoms with E-state index in [0.717, 1.165) is 11.3 Å². The molecule has 0 saturated carbocycles. The van der Waals surface area contributed by atoms with Gasteiger partial charge in [-0.2, -0.15) is 5.10 Å². The molecule has 17 heavy (non-hydrogen) atoms. The van der Waals surface area contributed by atoms with Crippen LogP contribution in [0, 0.1) is 13.8 Å². The summed E-state index contributed by atoms with van der Waals surface area (Å²) in [5.74, 6) is -0.228. The van der Waals surface area contributed by atoms with Crippen LogP contribution in [0.25, 0.3) is 0 Å². The first-order chi connectivity index (χ1) is 8.08. The van der Waals surface area contributed by atoms with Crippen molar-refractivity contribution in [2.75, 3.05) is 5.32 Å². The number of rotatable bonds is 2. The zero-order valence-corrected chi connectivity index (χ0v) is 10.3. The van der Waals surface area contributed by atoms with Crippen LogP contribution in [-0.2, 0) is 0 Å². The first-order valence-electron chi connectivity index (χ1n) is 5.16. The van der Waals surface area contributed by atoms with Crippen LogP contribution in [0.15, 0.2) is 24.3 Å². The highest BCUT2D eigenvalue weighted by Crippen LogP contribution is 2.15. The van der Waals surface area contributed by atoms with Gasteiger partial charge in [-0.15, -0.1) is 0 Å². The molecular weight excluding hydrogens is 238 g/mol. The Labute approximate surface area is 104 Å². The molecule has 1 aromatic carbocycles. The zero-order chi connectivity index (χ0) is 12.4. The van der Waals surface area contributed by atoms with Crippen LogP contribution in [0.3, 0.4) is 0 Å². The van der Waals surface area contributed by atoms with E-state index in [0.29, 0.717) is 16.4 Å². The minimum atomic E-state index is -0.228. The number of hydrogen-bond acceptors (Lipinski definition) is 2. The number of H-pyrrole nitrogens is 1. The van der Waals surface area contributed by atoms with Gasteiger partial charge in [-0.1, -0.05) is 11.6 Å². The minimum absolute atomic E-state index is 0.228. The van der Waals surface area contributed by atoms with Crippen molar-refractivity contribution >= 4 is 23.2 Å². The smallest absolute Gasteiger partial charge is 0.276 e. The van der Waals surface area contributed by atoms with Crippen LogP contribution < -0.4 is 5.32 Å². The van der Waals surface area contributed by atoms with Gasteiger partial charge in [0.1, 0.15) is 0 Å². The Hall–Kier alpha value is -1.81. The molecule has 4 nitrogen and oxygen atoms in total. The third kappa shape index (κ3) is 2.47. The van der Waals surface area contributed by atoms with Crippen LogP contribution in [0.5, 0.6) is 0 Å². The Morgan fingerprint density at radius 3 is 2.47 bits per heavy atom. The Morgan fingerprint density at radius 1 is 1.29 bits per heavy atom. The number of amides is 1. The van der Waals surface area contributed by atoms with Gasteiger partial charge in [0.2, 0.25) is 0 Å². The number of aromatic amines is 1. The van der Waals surface area contributed by atoms with Crippen LogP contribution in [0.4, 0.5) is 5.69 Å². The number of halogens is 1. The number of nitrogens with zero attached hydrogens (tertiary/aromatic N) is 1. The highest BCUT2D eigenvalue weighted by atomic mass is 35.5. The molecule has 2 rings (SSSR count). The number of aryl methyl sites for hydroxylation is 1. The van der Waals surface area contributed by atoms with Gasteiger partial charge < -0.3 is 5.32 Å². The average Bonchev–Trinajstić information content (AvgIpc) is 2.63. The molecule has 88 valence electrons. The van der Waals surface area contributed by atoms with E-state index < -0.39 is 0 Å². The van der Waals surface area contributed by atoms with Gasteiger partial charge in [-0.05, 0) is 38.1 Å². The summed E-state index contributed by atoms with van der Waals surface area (Å²) in [7, 11) is 0. The van der Waals surface area contributed by atoms with Gasteiger partial charge in [0.05, 0.1) is 0 Å². The molecule has 0 atom stereocenters. The molecule has 0 aliphatic carbocycles. The number of anilines is 1.